The van der Waals surface area contributed by atoms with Crippen LogP contribution in [0.2, 0.25) is 0 Å². The Morgan fingerprint density at radius 3 is 2.55 bits per heavy atom. The van der Waals surface area contributed by atoms with Gasteiger partial charge in [0.05, 0.1) is 11.3 Å². The number of aliphatic hydroxyl groups is 1. The number of anilines is 1. The number of carbonyl (C=O) groups is 1. The fourth-order valence-corrected chi connectivity index (χ4v) is 4.80. The molecule has 0 spiro atoms. The Bertz CT molecular complexity index is 1780. The van der Waals surface area contributed by atoms with E-state index in [1.165, 1.54) is 18.4 Å². The van der Waals surface area contributed by atoms with Gasteiger partial charge < -0.3 is 23.6 Å². The van der Waals surface area contributed by atoms with E-state index < -0.39 is 17.8 Å². The van der Waals surface area contributed by atoms with Crippen LogP contribution in [-0.4, -0.2) is 32.3 Å². The summed E-state index contributed by atoms with van der Waals surface area (Å²) in [6.45, 7) is 2.85. The summed E-state index contributed by atoms with van der Waals surface area (Å²) in [5, 5.41) is 9.51. The van der Waals surface area contributed by atoms with Crippen molar-refractivity contribution in [2.45, 2.75) is 45.9 Å². The lowest BCUT2D eigenvalue weighted by atomic mass is 10.1. The van der Waals surface area contributed by atoms with E-state index >= 15 is 0 Å². The van der Waals surface area contributed by atoms with Gasteiger partial charge in [0.25, 0.3) is 0 Å². The van der Waals surface area contributed by atoms with Crippen molar-refractivity contribution in [3.63, 3.8) is 0 Å². The van der Waals surface area contributed by atoms with Crippen molar-refractivity contribution in [2.75, 3.05) is 11.4 Å². The molecular formula is C35H33F3N4O5. The first-order valence-corrected chi connectivity index (χ1v) is 14.8. The van der Waals surface area contributed by atoms with Crippen LogP contribution in [0.5, 0.6) is 5.75 Å². The number of oxazole rings is 1. The van der Waals surface area contributed by atoms with E-state index in [0.717, 1.165) is 23.3 Å². The quantitative estimate of drug-likeness (QED) is 0.140. The molecule has 0 saturated carbocycles. The van der Waals surface area contributed by atoms with Crippen molar-refractivity contribution in [3.05, 3.63) is 131 Å². The fraction of sp³-hybridized carbons (Fsp3) is 0.229. The molecule has 0 unspecified atom stereocenters. The highest BCUT2D eigenvalue weighted by Crippen LogP contribution is 2.30. The van der Waals surface area contributed by atoms with Crippen LogP contribution in [-0.2, 0) is 37.3 Å². The number of rotatable bonds is 13. The molecule has 0 aliphatic carbocycles. The zero-order valence-electron chi connectivity index (χ0n) is 25.6. The third-order valence-electron chi connectivity index (χ3n) is 7.22. The minimum atomic E-state index is -4.39. The maximum absolute atomic E-state index is 13.3. The number of aryl methyl sites for hydroxylation is 2. The highest BCUT2D eigenvalue weighted by molar-refractivity contribution is 5.88. The van der Waals surface area contributed by atoms with E-state index in [4.69, 9.17) is 13.9 Å². The van der Waals surface area contributed by atoms with Gasteiger partial charge in [-0.05, 0) is 66.4 Å². The average Bonchev–Trinajstić information content (AvgIpc) is 3.73. The molecule has 0 atom stereocenters. The molecule has 0 radical (unpaired) electrons. The second kappa shape index (κ2) is 15.3. The summed E-state index contributed by atoms with van der Waals surface area (Å²) >= 11 is 0. The predicted octanol–water partition coefficient (Wildman–Crippen LogP) is 7.67. The van der Waals surface area contributed by atoms with E-state index in [2.05, 4.69) is 9.97 Å². The van der Waals surface area contributed by atoms with Gasteiger partial charge in [-0.15, -0.1) is 0 Å². The first kappa shape index (κ1) is 33.0. The number of alkyl halides is 3. The fourth-order valence-electron chi connectivity index (χ4n) is 4.80. The van der Waals surface area contributed by atoms with Crippen LogP contribution < -0.4 is 9.64 Å². The summed E-state index contributed by atoms with van der Waals surface area (Å²) in [6.07, 6.45) is 3.74. The van der Waals surface area contributed by atoms with Gasteiger partial charge >= 0.3 is 12.3 Å². The molecule has 5 aromatic rings. The van der Waals surface area contributed by atoms with Gasteiger partial charge in [-0.1, -0.05) is 42.5 Å². The molecule has 0 saturated heterocycles. The molecule has 9 nitrogen and oxygen atoms in total. The third-order valence-corrected chi connectivity index (χ3v) is 7.22. The van der Waals surface area contributed by atoms with Crippen molar-refractivity contribution in [1.29, 1.82) is 0 Å². The number of carbonyl (C=O) groups excluding carboxylic acids is 1. The molecule has 0 aliphatic heterocycles. The van der Waals surface area contributed by atoms with Crippen LogP contribution in [0.25, 0.3) is 12.2 Å². The maximum Gasteiger partial charge on any atom is 0.416 e. The summed E-state index contributed by atoms with van der Waals surface area (Å²) in [7, 11) is 0. The van der Waals surface area contributed by atoms with Crippen LogP contribution in [0, 0.1) is 6.92 Å². The molecule has 244 valence electrons. The van der Waals surface area contributed by atoms with Crippen molar-refractivity contribution in [3.8, 4) is 5.75 Å². The molecular weight excluding hydrogens is 613 g/mol. The Morgan fingerprint density at radius 1 is 1.04 bits per heavy atom. The number of benzene rings is 3. The lowest BCUT2D eigenvalue weighted by Gasteiger charge is -2.24. The van der Waals surface area contributed by atoms with E-state index in [1.807, 2.05) is 47.9 Å². The molecule has 1 N–H and O–H groups in total. The standard InChI is InChI=1S/C35H33F3N4O5/c1-25-20-30(45-23-29-24-46-33(40-29)15-10-26-8-11-28(12-9-26)35(36,37)38)13-14-31(25)42(18-5-17-41-19-16-39-32(41)21-43)34(44)47-22-27-6-3-2-4-7-27/h2-4,6-16,19-20,24,43H,5,17-18,21-23H2,1H3/b15-10+. The summed E-state index contributed by atoms with van der Waals surface area (Å²) in [4.78, 5) is 23.4. The first-order chi connectivity index (χ1) is 22.7. The minimum Gasteiger partial charge on any atom is -0.487 e. The van der Waals surface area contributed by atoms with Crippen molar-refractivity contribution < 1.29 is 37.0 Å². The van der Waals surface area contributed by atoms with Gasteiger partial charge in [0.2, 0.25) is 5.89 Å². The number of nitrogens with zero attached hydrogens (tertiary/aromatic N) is 4. The van der Waals surface area contributed by atoms with Crippen molar-refractivity contribution in [1.82, 2.24) is 14.5 Å². The van der Waals surface area contributed by atoms with Gasteiger partial charge in [0, 0.05) is 31.6 Å². The lowest BCUT2D eigenvalue weighted by Crippen LogP contribution is -2.33. The smallest absolute Gasteiger partial charge is 0.416 e. The van der Waals surface area contributed by atoms with Crippen LogP contribution >= 0.6 is 0 Å². The topological polar surface area (TPSA) is 103 Å². The second-order valence-electron chi connectivity index (χ2n) is 10.6. The number of imidazole rings is 1. The first-order valence-electron chi connectivity index (χ1n) is 14.8. The molecule has 5 rings (SSSR count). The summed E-state index contributed by atoms with van der Waals surface area (Å²) in [5.74, 6) is 1.39. The molecule has 1 amide bonds. The van der Waals surface area contributed by atoms with Gasteiger partial charge in [-0.3, -0.25) is 4.90 Å². The SMILES string of the molecule is Cc1cc(OCc2coc(/C=C/c3ccc(C(F)(F)F)cc3)n2)ccc1N(CCCn1ccnc1CO)C(=O)OCc1ccccc1. The minimum absolute atomic E-state index is 0.108. The molecule has 2 heterocycles. The van der Waals surface area contributed by atoms with Gasteiger partial charge in [-0.2, -0.15) is 13.2 Å². The maximum atomic E-state index is 13.3. The van der Waals surface area contributed by atoms with E-state index in [-0.39, 0.29) is 25.7 Å². The molecule has 0 bridgehead atoms. The molecule has 2 aromatic heterocycles. The highest BCUT2D eigenvalue weighted by Gasteiger charge is 2.29. The number of aromatic nitrogens is 3. The Balaban J connectivity index is 1.21. The average molecular weight is 647 g/mol. The summed E-state index contributed by atoms with van der Waals surface area (Å²) in [5.41, 5.74) is 2.70. The third kappa shape index (κ3) is 9.10. The zero-order valence-corrected chi connectivity index (χ0v) is 25.6. The zero-order chi connectivity index (χ0) is 33.2. The monoisotopic (exact) mass is 646 g/mol. The number of amides is 1. The molecule has 12 heteroatoms. The summed E-state index contributed by atoms with van der Waals surface area (Å²) < 4.78 is 57.2. The van der Waals surface area contributed by atoms with Crippen LogP contribution in [0.4, 0.5) is 23.7 Å². The van der Waals surface area contributed by atoms with Crippen LogP contribution in [0.3, 0.4) is 0 Å². The molecule has 0 aliphatic rings. The highest BCUT2D eigenvalue weighted by atomic mass is 19.4. The predicted molar refractivity (Wildman–Crippen MR) is 169 cm³/mol. The van der Waals surface area contributed by atoms with Gasteiger partial charge in [0.1, 0.15) is 43.4 Å². The number of aliphatic hydroxyl groups excluding tert-OH is 1. The molecule has 0 fully saturated rings. The van der Waals surface area contributed by atoms with Crippen molar-refractivity contribution >= 4 is 23.9 Å². The lowest BCUT2D eigenvalue weighted by molar-refractivity contribution is -0.137. The van der Waals surface area contributed by atoms with Crippen molar-refractivity contribution in [2.24, 2.45) is 0 Å². The Labute approximate surface area is 269 Å². The number of halogens is 3. The summed E-state index contributed by atoms with van der Waals surface area (Å²) in [6, 6.07) is 19.6. The normalized spacial score (nSPS) is 11.6. The Hall–Kier alpha value is -5.36. The van der Waals surface area contributed by atoms with Gasteiger partial charge in [0.15, 0.2) is 0 Å². The molecule has 3 aromatic carbocycles. The number of hydrogen-bond acceptors (Lipinski definition) is 7. The Morgan fingerprint density at radius 2 is 1.83 bits per heavy atom. The van der Waals surface area contributed by atoms with Crippen LogP contribution in [0.1, 0.15) is 46.1 Å². The van der Waals surface area contributed by atoms with E-state index in [9.17, 15) is 23.1 Å². The van der Waals surface area contributed by atoms with Crippen LogP contribution in [0.15, 0.2) is 95.9 Å². The number of ether oxygens (including phenoxy) is 2. The Kier molecular flexibility index (Phi) is 10.7. The van der Waals surface area contributed by atoms with E-state index in [1.54, 1.807) is 41.6 Å². The largest absolute Gasteiger partial charge is 0.487 e. The molecule has 47 heavy (non-hydrogen) atoms. The van der Waals surface area contributed by atoms with Gasteiger partial charge in [-0.25, -0.2) is 14.8 Å². The second-order valence-corrected chi connectivity index (χ2v) is 10.6. The van der Waals surface area contributed by atoms with E-state index in [0.29, 0.717) is 48.0 Å². The number of hydrogen-bond donors (Lipinski definition) is 1.